The van der Waals surface area contributed by atoms with Crippen molar-refractivity contribution in [3.63, 3.8) is 0 Å². The van der Waals surface area contributed by atoms with E-state index in [0.29, 0.717) is 12.1 Å². The molecule has 23 heavy (non-hydrogen) atoms. The van der Waals surface area contributed by atoms with Gasteiger partial charge in [-0.3, -0.25) is 0 Å². The maximum Gasteiger partial charge on any atom is 0.361 e. The molecule has 1 saturated heterocycles. The minimum Gasteiger partial charge on any atom is -0.463 e. The van der Waals surface area contributed by atoms with Gasteiger partial charge in [0.2, 0.25) is 6.10 Å². The summed E-state index contributed by atoms with van der Waals surface area (Å²) in [6.45, 7) is 5.90. The maximum absolute atomic E-state index is 12.2. The number of cyclic esters (lactones) is 1. The second-order valence-electron chi connectivity index (χ2n) is 5.56. The molecule has 0 N–H and O–H groups in total. The molecule has 1 aliphatic rings. The third kappa shape index (κ3) is 2.94. The lowest BCUT2D eigenvalue weighted by Crippen LogP contribution is -2.23. The summed E-state index contributed by atoms with van der Waals surface area (Å²) >= 11 is 0. The molecule has 0 spiro atoms. The Balaban J connectivity index is 1.85. The summed E-state index contributed by atoms with van der Waals surface area (Å²) in [5.41, 5.74) is 3.47. The van der Waals surface area contributed by atoms with Crippen LogP contribution in [0.2, 0.25) is 0 Å². The van der Waals surface area contributed by atoms with Gasteiger partial charge < -0.3 is 9.47 Å². The zero-order valence-electron chi connectivity index (χ0n) is 13.2. The number of nitrogens with zero attached hydrogens (tertiary/aromatic N) is 3. The highest BCUT2D eigenvalue weighted by atomic mass is 16.6. The van der Waals surface area contributed by atoms with E-state index in [0.717, 1.165) is 16.8 Å². The Morgan fingerprint density at radius 1 is 1.30 bits per heavy atom. The lowest BCUT2D eigenvalue weighted by molar-refractivity contribution is -0.145. The summed E-state index contributed by atoms with van der Waals surface area (Å²) in [6, 6.07) is 5.86. The quantitative estimate of drug-likeness (QED) is 0.801. The van der Waals surface area contributed by atoms with Crippen molar-refractivity contribution in [2.45, 2.75) is 33.3 Å². The van der Waals surface area contributed by atoms with Gasteiger partial charge in [-0.1, -0.05) is 17.7 Å². The molecule has 0 radical (unpaired) electrons. The lowest BCUT2D eigenvalue weighted by Gasteiger charge is -2.06. The molecule has 0 aliphatic carbocycles. The van der Waals surface area contributed by atoms with Crippen molar-refractivity contribution in [1.29, 1.82) is 0 Å². The van der Waals surface area contributed by atoms with Gasteiger partial charge in [0.25, 0.3) is 0 Å². The first-order valence-corrected chi connectivity index (χ1v) is 7.35. The number of aromatic nitrogens is 3. The molecule has 2 heterocycles. The smallest absolute Gasteiger partial charge is 0.361 e. The van der Waals surface area contributed by atoms with Gasteiger partial charge in [-0.05, 0) is 32.4 Å². The predicted molar refractivity (Wildman–Crippen MR) is 80.3 cm³/mol. The fourth-order valence-electron chi connectivity index (χ4n) is 2.47. The number of esters is 2. The van der Waals surface area contributed by atoms with E-state index in [1.165, 1.54) is 4.80 Å². The molecule has 0 saturated carbocycles. The first-order chi connectivity index (χ1) is 11.0. The standard InChI is InChI=1S/C16H17N3O4/c1-9-4-5-12(10(2)8-9)19-17-11(3)14(18-19)16(21)23-13-6-7-22-15(13)20/h4-5,8,13H,6-7H2,1-3H3/t13-/m0/s1. The number of hydrogen-bond donors (Lipinski definition) is 0. The molecular weight excluding hydrogens is 298 g/mol. The molecule has 120 valence electrons. The normalized spacial score (nSPS) is 17.2. The van der Waals surface area contributed by atoms with Crippen LogP contribution in [0.5, 0.6) is 0 Å². The summed E-state index contributed by atoms with van der Waals surface area (Å²) in [5.74, 6) is -1.18. The van der Waals surface area contributed by atoms with E-state index >= 15 is 0 Å². The Morgan fingerprint density at radius 2 is 2.09 bits per heavy atom. The molecule has 0 bridgehead atoms. The van der Waals surface area contributed by atoms with Gasteiger partial charge in [-0.25, -0.2) is 9.59 Å². The largest absolute Gasteiger partial charge is 0.463 e. The average Bonchev–Trinajstić information content (AvgIpc) is 3.05. The van der Waals surface area contributed by atoms with Crippen LogP contribution in [-0.2, 0) is 14.3 Å². The SMILES string of the molecule is Cc1ccc(-n2nc(C)c(C(=O)O[C@H]3CCOC3=O)n2)c(C)c1. The topological polar surface area (TPSA) is 83.3 Å². The highest BCUT2D eigenvalue weighted by Gasteiger charge is 2.32. The number of ether oxygens (including phenoxy) is 2. The van der Waals surface area contributed by atoms with Crippen molar-refractivity contribution in [1.82, 2.24) is 15.0 Å². The minimum atomic E-state index is -0.854. The van der Waals surface area contributed by atoms with Gasteiger partial charge in [-0.15, -0.1) is 5.10 Å². The van der Waals surface area contributed by atoms with Crippen molar-refractivity contribution in [3.05, 3.63) is 40.7 Å². The zero-order valence-corrected chi connectivity index (χ0v) is 13.2. The Morgan fingerprint density at radius 3 is 2.74 bits per heavy atom. The van der Waals surface area contributed by atoms with Crippen LogP contribution in [0.15, 0.2) is 18.2 Å². The minimum absolute atomic E-state index is 0.102. The summed E-state index contributed by atoms with van der Waals surface area (Å²) in [5, 5.41) is 8.49. The van der Waals surface area contributed by atoms with Crippen molar-refractivity contribution in [2.75, 3.05) is 6.61 Å². The molecule has 2 aromatic rings. The fourth-order valence-corrected chi connectivity index (χ4v) is 2.47. The average molecular weight is 315 g/mol. The van der Waals surface area contributed by atoms with Crippen LogP contribution in [0.3, 0.4) is 0 Å². The summed E-state index contributed by atoms with van der Waals surface area (Å²) in [4.78, 5) is 25.0. The summed E-state index contributed by atoms with van der Waals surface area (Å²) < 4.78 is 9.94. The number of carbonyl (C=O) groups excluding carboxylic acids is 2. The van der Waals surface area contributed by atoms with E-state index in [1.54, 1.807) is 6.92 Å². The van der Waals surface area contributed by atoms with Crippen molar-refractivity contribution in [2.24, 2.45) is 0 Å². The van der Waals surface area contributed by atoms with Crippen LogP contribution in [0.1, 0.15) is 33.7 Å². The third-order valence-electron chi connectivity index (χ3n) is 3.68. The number of carbonyl (C=O) groups is 2. The van der Waals surface area contributed by atoms with Crippen molar-refractivity contribution in [3.8, 4) is 5.69 Å². The molecule has 3 rings (SSSR count). The van der Waals surface area contributed by atoms with Gasteiger partial charge in [-0.2, -0.15) is 9.90 Å². The molecule has 1 atom stereocenters. The fraction of sp³-hybridized carbons (Fsp3) is 0.375. The molecular formula is C16H17N3O4. The van der Waals surface area contributed by atoms with E-state index in [1.807, 2.05) is 32.0 Å². The number of hydrogen-bond acceptors (Lipinski definition) is 6. The van der Waals surface area contributed by atoms with E-state index < -0.39 is 18.0 Å². The first-order valence-electron chi connectivity index (χ1n) is 7.35. The second-order valence-corrected chi connectivity index (χ2v) is 5.56. The molecule has 1 aliphatic heterocycles. The molecule has 7 nitrogen and oxygen atoms in total. The van der Waals surface area contributed by atoms with Crippen LogP contribution in [0.4, 0.5) is 0 Å². The molecule has 0 amide bonds. The molecule has 0 unspecified atom stereocenters. The van der Waals surface area contributed by atoms with Crippen molar-refractivity contribution < 1.29 is 19.1 Å². The van der Waals surface area contributed by atoms with Gasteiger partial charge in [0.1, 0.15) is 0 Å². The van der Waals surface area contributed by atoms with Gasteiger partial charge in [0, 0.05) is 6.42 Å². The Labute approximate surface area is 133 Å². The Hall–Kier alpha value is -2.70. The highest BCUT2D eigenvalue weighted by molar-refractivity contribution is 5.90. The Bertz CT molecular complexity index is 782. The van der Waals surface area contributed by atoms with Gasteiger partial charge in [0.15, 0.2) is 5.69 Å². The van der Waals surface area contributed by atoms with Crippen LogP contribution in [-0.4, -0.2) is 39.6 Å². The monoisotopic (exact) mass is 315 g/mol. The van der Waals surface area contributed by atoms with Gasteiger partial charge in [0.05, 0.1) is 18.0 Å². The van der Waals surface area contributed by atoms with Crippen LogP contribution in [0, 0.1) is 20.8 Å². The predicted octanol–water partition coefficient (Wildman–Crippen LogP) is 1.66. The van der Waals surface area contributed by atoms with Crippen LogP contribution in [0.25, 0.3) is 5.69 Å². The zero-order chi connectivity index (χ0) is 16.6. The van der Waals surface area contributed by atoms with E-state index in [4.69, 9.17) is 9.47 Å². The first kappa shape index (κ1) is 15.2. The number of rotatable bonds is 3. The van der Waals surface area contributed by atoms with E-state index in [9.17, 15) is 9.59 Å². The third-order valence-corrected chi connectivity index (χ3v) is 3.68. The maximum atomic E-state index is 12.2. The molecule has 1 aromatic carbocycles. The highest BCUT2D eigenvalue weighted by Crippen LogP contribution is 2.17. The summed E-state index contributed by atoms with van der Waals surface area (Å²) in [7, 11) is 0. The van der Waals surface area contributed by atoms with Crippen LogP contribution < -0.4 is 0 Å². The molecule has 1 aromatic heterocycles. The lowest BCUT2D eigenvalue weighted by atomic mass is 10.1. The van der Waals surface area contributed by atoms with E-state index in [2.05, 4.69) is 10.2 Å². The second kappa shape index (κ2) is 5.83. The summed E-state index contributed by atoms with van der Waals surface area (Å²) in [6.07, 6.45) is -0.484. The molecule has 1 fully saturated rings. The van der Waals surface area contributed by atoms with Crippen molar-refractivity contribution >= 4 is 11.9 Å². The Kier molecular flexibility index (Phi) is 3.85. The van der Waals surface area contributed by atoms with Crippen LogP contribution >= 0.6 is 0 Å². The number of benzene rings is 1. The van der Waals surface area contributed by atoms with E-state index in [-0.39, 0.29) is 12.3 Å². The van der Waals surface area contributed by atoms with Gasteiger partial charge >= 0.3 is 11.9 Å². The number of aryl methyl sites for hydroxylation is 3. The molecule has 7 heteroatoms.